The highest BCUT2D eigenvalue weighted by atomic mass is 19.4. The molecular formula is C20H28F3N5. The summed E-state index contributed by atoms with van der Waals surface area (Å²) in [6.07, 6.45) is -3.33. The number of para-hydroxylation sites is 1. The molecule has 0 bridgehead atoms. The average Bonchev–Trinajstić information content (AvgIpc) is 2.99. The molecule has 1 fully saturated rings. The van der Waals surface area contributed by atoms with E-state index in [-0.39, 0.29) is 0 Å². The molecule has 0 spiro atoms. The number of piperazine rings is 1. The van der Waals surface area contributed by atoms with E-state index in [1.165, 1.54) is 22.8 Å². The summed E-state index contributed by atoms with van der Waals surface area (Å²) < 4.78 is 38.7. The number of halogens is 3. The second-order valence-electron chi connectivity index (χ2n) is 7.24. The third kappa shape index (κ3) is 4.43. The Kier molecular flexibility index (Phi) is 6.17. The molecule has 1 aliphatic rings. The second kappa shape index (κ2) is 8.43. The van der Waals surface area contributed by atoms with Crippen LogP contribution in [0, 0.1) is 6.92 Å². The van der Waals surface area contributed by atoms with Gasteiger partial charge in [0.2, 0.25) is 0 Å². The smallest absolute Gasteiger partial charge is 0.358 e. The number of aliphatic imine (C=N–C) groups is 1. The molecule has 2 N–H and O–H groups in total. The lowest BCUT2D eigenvalue weighted by Gasteiger charge is -2.39. The largest absolute Gasteiger partial charge is 0.403 e. The Bertz CT molecular complexity index is 819. The predicted octanol–water partition coefficient (Wildman–Crippen LogP) is 3.16. The summed E-state index contributed by atoms with van der Waals surface area (Å²) in [6.45, 7) is 5.84. The highest BCUT2D eigenvalue weighted by molar-refractivity contribution is 5.84. The zero-order valence-corrected chi connectivity index (χ0v) is 16.6. The summed E-state index contributed by atoms with van der Waals surface area (Å²) >= 11 is 0. The van der Waals surface area contributed by atoms with Crippen molar-refractivity contribution in [2.75, 3.05) is 39.8 Å². The number of hydrogen-bond acceptors (Lipinski definition) is 2. The quantitative estimate of drug-likeness (QED) is 0.618. The van der Waals surface area contributed by atoms with E-state index >= 15 is 0 Å². The summed E-state index contributed by atoms with van der Waals surface area (Å²) in [4.78, 5) is 11.2. The molecule has 1 aromatic heterocycles. The maximum absolute atomic E-state index is 12.9. The first-order valence-corrected chi connectivity index (χ1v) is 9.63. The van der Waals surface area contributed by atoms with Crippen molar-refractivity contribution in [3.63, 3.8) is 0 Å². The van der Waals surface area contributed by atoms with Crippen LogP contribution in [-0.4, -0.2) is 72.7 Å². The third-order valence-electron chi connectivity index (χ3n) is 5.53. The van der Waals surface area contributed by atoms with Gasteiger partial charge in [-0.25, -0.2) is 0 Å². The fourth-order valence-electron chi connectivity index (χ4n) is 3.82. The lowest BCUT2D eigenvalue weighted by Crippen LogP contribution is -2.56. The van der Waals surface area contributed by atoms with Gasteiger partial charge in [-0.2, -0.15) is 13.2 Å². The molecule has 2 aromatic rings. The van der Waals surface area contributed by atoms with Crippen LogP contribution in [0.5, 0.6) is 0 Å². The average molecular weight is 395 g/mol. The number of aromatic nitrogens is 1. The number of benzene rings is 1. The van der Waals surface area contributed by atoms with E-state index < -0.39 is 12.2 Å². The first-order valence-electron chi connectivity index (χ1n) is 9.63. The van der Waals surface area contributed by atoms with Gasteiger partial charge < -0.3 is 15.2 Å². The lowest BCUT2D eigenvalue weighted by atomic mass is 10.1. The Morgan fingerprint density at radius 3 is 2.54 bits per heavy atom. The van der Waals surface area contributed by atoms with E-state index in [1.54, 1.807) is 7.05 Å². The summed E-state index contributed by atoms with van der Waals surface area (Å²) in [5.41, 5.74) is 3.57. The number of aromatic amines is 1. The number of nitrogens with one attached hydrogen (secondary N) is 2. The van der Waals surface area contributed by atoms with E-state index in [0.29, 0.717) is 32.7 Å². The van der Waals surface area contributed by atoms with E-state index in [0.717, 1.165) is 23.6 Å². The van der Waals surface area contributed by atoms with E-state index in [2.05, 4.69) is 34.3 Å². The van der Waals surface area contributed by atoms with Gasteiger partial charge in [-0.05, 0) is 31.9 Å². The summed E-state index contributed by atoms with van der Waals surface area (Å²) in [5.74, 6) is 0.747. The van der Waals surface area contributed by atoms with Gasteiger partial charge in [0.1, 0.15) is 6.04 Å². The van der Waals surface area contributed by atoms with E-state index in [4.69, 9.17) is 0 Å². The molecule has 0 aliphatic carbocycles. The number of nitrogens with zero attached hydrogens (tertiary/aromatic N) is 3. The van der Waals surface area contributed by atoms with Crippen molar-refractivity contribution in [3.05, 3.63) is 35.5 Å². The molecule has 154 valence electrons. The highest BCUT2D eigenvalue weighted by Crippen LogP contribution is 2.25. The zero-order chi connectivity index (χ0) is 20.3. The van der Waals surface area contributed by atoms with Gasteiger partial charge in [-0.1, -0.05) is 18.2 Å². The molecule has 1 saturated heterocycles. The van der Waals surface area contributed by atoms with Gasteiger partial charge >= 0.3 is 6.18 Å². The topological polar surface area (TPSA) is 46.7 Å². The third-order valence-corrected chi connectivity index (χ3v) is 5.53. The van der Waals surface area contributed by atoms with Crippen LogP contribution >= 0.6 is 0 Å². The molecule has 2 heterocycles. The van der Waals surface area contributed by atoms with Gasteiger partial charge in [0.15, 0.2) is 5.96 Å². The monoisotopic (exact) mass is 395 g/mol. The van der Waals surface area contributed by atoms with Gasteiger partial charge in [0.25, 0.3) is 0 Å². The summed E-state index contributed by atoms with van der Waals surface area (Å²) in [6, 6.07) is 6.83. The Balaban J connectivity index is 1.54. The van der Waals surface area contributed by atoms with Crippen LogP contribution < -0.4 is 5.32 Å². The van der Waals surface area contributed by atoms with Crippen LogP contribution in [0.15, 0.2) is 29.3 Å². The molecule has 1 atom stereocenters. The molecule has 1 unspecified atom stereocenters. The van der Waals surface area contributed by atoms with Crippen LogP contribution in [0.4, 0.5) is 13.2 Å². The van der Waals surface area contributed by atoms with E-state index in [1.807, 2.05) is 17.0 Å². The van der Waals surface area contributed by atoms with Crippen molar-refractivity contribution in [2.45, 2.75) is 32.5 Å². The van der Waals surface area contributed by atoms with Gasteiger partial charge in [-0.3, -0.25) is 9.89 Å². The van der Waals surface area contributed by atoms with Crippen molar-refractivity contribution in [2.24, 2.45) is 4.99 Å². The summed E-state index contributed by atoms with van der Waals surface area (Å²) in [5, 5.41) is 4.59. The Morgan fingerprint density at radius 2 is 1.89 bits per heavy atom. The van der Waals surface area contributed by atoms with E-state index in [9.17, 15) is 13.2 Å². The minimum Gasteiger partial charge on any atom is -0.358 e. The Labute approximate surface area is 163 Å². The maximum atomic E-state index is 12.9. The molecule has 28 heavy (non-hydrogen) atoms. The molecule has 3 rings (SSSR count). The fraction of sp³-hybridized carbons (Fsp3) is 0.550. The number of hydrogen-bond donors (Lipinski definition) is 2. The van der Waals surface area contributed by atoms with Gasteiger partial charge in [-0.15, -0.1) is 0 Å². The van der Waals surface area contributed by atoms with Crippen molar-refractivity contribution in [1.29, 1.82) is 0 Å². The molecule has 1 aliphatic heterocycles. The molecule has 5 nitrogen and oxygen atoms in total. The minimum absolute atomic E-state index is 0.378. The number of guanidine groups is 1. The number of H-pyrrole nitrogens is 1. The normalized spacial score (nSPS) is 17.9. The van der Waals surface area contributed by atoms with Crippen LogP contribution in [0.2, 0.25) is 0 Å². The van der Waals surface area contributed by atoms with Gasteiger partial charge in [0.05, 0.1) is 0 Å². The molecule has 8 heteroatoms. The van der Waals surface area contributed by atoms with Crippen LogP contribution in [0.1, 0.15) is 18.2 Å². The molecular weight excluding hydrogens is 367 g/mol. The van der Waals surface area contributed by atoms with Gasteiger partial charge in [0, 0.05) is 56.4 Å². The number of aryl methyl sites for hydroxylation is 1. The first kappa shape index (κ1) is 20.5. The Hall–Kier alpha value is -2.22. The standard InChI is InChI=1S/C20H28F3N5/c1-14-16(17-6-4-5-7-18(17)26-14)8-9-25-19(24-3)28-12-10-27(11-13-28)15(2)20(21,22)23/h4-7,15,26H,8-13H2,1-3H3,(H,24,25). The summed E-state index contributed by atoms with van der Waals surface area (Å²) in [7, 11) is 1.71. The van der Waals surface area contributed by atoms with Crippen LogP contribution in [0.3, 0.4) is 0 Å². The van der Waals surface area contributed by atoms with Crippen molar-refractivity contribution in [1.82, 2.24) is 20.1 Å². The predicted molar refractivity (Wildman–Crippen MR) is 107 cm³/mol. The maximum Gasteiger partial charge on any atom is 0.403 e. The first-order chi connectivity index (χ1) is 13.3. The van der Waals surface area contributed by atoms with Crippen LogP contribution in [-0.2, 0) is 6.42 Å². The SMILES string of the molecule is CN=C(NCCc1c(C)[nH]c2ccccc12)N1CCN(C(C)C(F)(F)F)CC1. The molecule has 1 aromatic carbocycles. The second-order valence-corrected chi connectivity index (χ2v) is 7.24. The van der Waals surface area contributed by atoms with Crippen molar-refractivity contribution < 1.29 is 13.2 Å². The molecule has 0 radical (unpaired) electrons. The number of alkyl halides is 3. The van der Waals surface area contributed by atoms with Crippen molar-refractivity contribution >= 4 is 16.9 Å². The number of fused-ring (bicyclic) bond motifs is 1. The number of rotatable bonds is 4. The zero-order valence-electron chi connectivity index (χ0n) is 16.6. The fourth-order valence-corrected chi connectivity index (χ4v) is 3.82. The minimum atomic E-state index is -4.18. The lowest BCUT2D eigenvalue weighted by molar-refractivity contribution is -0.181. The molecule has 0 saturated carbocycles. The van der Waals surface area contributed by atoms with Crippen LogP contribution in [0.25, 0.3) is 10.9 Å². The highest BCUT2D eigenvalue weighted by Gasteiger charge is 2.41. The Morgan fingerprint density at radius 1 is 1.21 bits per heavy atom. The van der Waals surface area contributed by atoms with Crippen molar-refractivity contribution in [3.8, 4) is 0 Å². The molecule has 0 amide bonds.